The highest BCUT2D eigenvalue weighted by molar-refractivity contribution is 14.0. The van der Waals surface area contributed by atoms with Crippen LogP contribution in [0.3, 0.4) is 0 Å². The molecule has 0 unspecified atom stereocenters. The fourth-order valence-corrected chi connectivity index (χ4v) is 2.29. The minimum Gasteiger partial charge on any atom is -0.493 e. The first-order valence-electron chi connectivity index (χ1n) is 8.05. The largest absolute Gasteiger partial charge is 0.493 e. The average molecular weight is 463 g/mol. The Balaban J connectivity index is 0.00000576. The molecule has 0 aliphatic rings. The van der Waals surface area contributed by atoms with Gasteiger partial charge in [-0.05, 0) is 31.0 Å². The summed E-state index contributed by atoms with van der Waals surface area (Å²) < 4.78 is 15.9. The molecule has 142 valence electrons. The average Bonchev–Trinajstić information content (AvgIpc) is 2.59. The summed E-state index contributed by atoms with van der Waals surface area (Å²) in [6, 6.07) is 4.03. The number of nitrogens with one attached hydrogen (secondary N) is 2. The first-order valence-corrected chi connectivity index (χ1v) is 8.05. The highest BCUT2D eigenvalue weighted by Gasteiger charge is 2.11. The third-order valence-electron chi connectivity index (χ3n) is 3.34. The molecule has 1 aromatic rings. The lowest BCUT2D eigenvalue weighted by Gasteiger charge is -2.14. The molecule has 6 nitrogen and oxygen atoms in total. The van der Waals surface area contributed by atoms with Crippen molar-refractivity contribution < 1.29 is 14.2 Å². The number of hydrogen-bond donors (Lipinski definition) is 2. The van der Waals surface area contributed by atoms with Gasteiger partial charge in [-0.15, -0.1) is 30.6 Å². The monoisotopic (exact) mass is 463 g/mol. The first kappa shape index (κ1) is 23.5. The minimum absolute atomic E-state index is 0. The molecule has 0 spiro atoms. The molecule has 2 N–H and O–H groups in total. The highest BCUT2D eigenvalue weighted by atomic mass is 127. The number of guanidine groups is 1. The lowest BCUT2D eigenvalue weighted by molar-refractivity contribution is 0.203. The summed E-state index contributed by atoms with van der Waals surface area (Å²) in [4.78, 5) is 4.60. The van der Waals surface area contributed by atoms with Crippen LogP contribution in [0.1, 0.15) is 18.1 Å². The number of ether oxygens (including phenoxy) is 3. The van der Waals surface area contributed by atoms with Gasteiger partial charge in [-0.1, -0.05) is 6.08 Å². The molecule has 0 aliphatic heterocycles. The molecule has 0 saturated heterocycles. The van der Waals surface area contributed by atoms with E-state index in [0.717, 1.165) is 29.4 Å². The van der Waals surface area contributed by atoms with Gasteiger partial charge in [0.25, 0.3) is 0 Å². The topological polar surface area (TPSA) is 64.1 Å². The number of nitrogens with zero attached hydrogens (tertiary/aromatic N) is 1. The Bertz CT molecular complexity index is 551. The molecule has 0 fully saturated rings. The summed E-state index contributed by atoms with van der Waals surface area (Å²) in [5, 5.41) is 6.44. The van der Waals surface area contributed by atoms with E-state index in [4.69, 9.17) is 14.2 Å². The van der Waals surface area contributed by atoms with Crippen LogP contribution in [-0.4, -0.2) is 47.0 Å². The van der Waals surface area contributed by atoms with Gasteiger partial charge < -0.3 is 24.8 Å². The van der Waals surface area contributed by atoms with Gasteiger partial charge >= 0.3 is 0 Å². The van der Waals surface area contributed by atoms with Crippen molar-refractivity contribution in [3.8, 4) is 11.5 Å². The van der Waals surface area contributed by atoms with Crippen LogP contribution in [0.5, 0.6) is 11.5 Å². The fraction of sp³-hybridized carbons (Fsp3) is 0.500. The predicted octanol–water partition coefficient (Wildman–Crippen LogP) is 2.75. The molecule has 25 heavy (non-hydrogen) atoms. The molecule has 0 atom stereocenters. The summed E-state index contributed by atoms with van der Waals surface area (Å²) in [5.41, 5.74) is 2.09. The molecule has 0 aliphatic carbocycles. The number of halogens is 1. The Morgan fingerprint density at radius 2 is 1.96 bits per heavy atom. The van der Waals surface area contributed by atoms with E-state index in [1.165, 1.54) is 0 Å². The van der Waals surface area contributed by atoms with E-state index in [1.54, 1.807) is 21.3 Å². The van der Waals surface area contributed by atoms with E-state index < -0.39 is 0 Å². The summed E-state index contributed by atoms with van der Waals surface area (Å²) >= 11 is 0. The number of aliphatic imine (C=N–C) groups is 1. The standard InChI is InChI=1S/C18H29N3O3.HI/c1-6-8-15-11-14(12-16(23-4)17(15)24-5)13-21-18(19-7-2)20-9-10-22-3;/h6,11-12H,1,7-10,13H2,2-5H3,(H2,19,20,21);1H. The van der Waals surface area contributed by atoms with E-state index in [0.29, 0.717) is 31.9 Å². The van der Waals surface area contributed by atoms with Crippen molar-refractivity contribution in [3.05, 3.63) is 35.9 Å². The zero-order chi connectivity index (χ0) is 17.8. The third-order valence-corrected chi connectivity index (χ3v) is 3.34. The van der Waals surface area contributed by atoms with Crippen LogP contribution in [0.25, 0.3) is 0 Å². The van der Waals surface area contributed by atoms with E-state index in [2.05, 4.69) is 28.3 Å². The molecule has 1 aromatic carbocycles. The maximum Gasteiger partial charge on any atom is 0.191 e. The number of allylic oxidation sites excluding steroid dienone is 1. The maximum atomic E-state index is 5.46. The quantitative estimate of drug-likeness (QED) is 0.184. The van der Waals surface area contributed by atoms with Gasteiger partial charge in [-0.3, -0.25) is 0 Å². The second-order valence-electron chi connectivity index (χ2n) is 5.10. The summed E-state index contributed by atoms with van der Waals surface area (Å²) in [6.07, 6.45) is 2.56. The van der Waals surface area contributed by atoms with Crippen molar-refractivity contribution in [2.24, 2.45) is 4.99 Å². The van der Waals surface area contributed by atoms with Gasteiger partial charge in [0.2, 0.25) is 0 Å². The molecule has 7 heteroatoms. The van der Waals surface area contributed by atoms with Crippen LogP contribution in [-0.2, 0) is 17.7 Å². The molecular formula is C18H30IN3O3. The second-order valence-corrected chi connectivity index (χ2v) is 5.10. The normalized spacial score (nSPS) is 10.6. The van der Waals surface area contributed by atoms with Crippen LogP contribution < -0.4 is 20.1 Å². The number of rotatable bonds is 10. The van der Waals surface area contributed by atoms with E-state index >= 15 is 0 Å². The van der Waals surface area contributed by atoms with Crippen molar-refractivity contribution >= 4 is 29.9 Å². The molecule has 0 radical (unpaired) electrons. The number of hydrogen-bond acceptors (Lipinski definition) is 4. The Morgan fingerprint density at radius 1 is 1.20 bits per heavy atom. The Kier molecular flexibility index (Phi) is 13.0. The summed E-state index contributed by atoms with van der Waals surface area (Å²) in [5.74, 6) is 2.21. The van der Waals surface area contributed by atoms with Gasteiger partial charge in [0.1, 0.15) is 0 Å². The molecule has 0 amide bonds. The number of benzene rings is 1. The Hall–Kier alpha value is -1.48. The summed E-state index contributed by atoms with van der Waals surface area (Å²) in [7, 11) is 4.96. The van der Waals surface area contributed by atoms with Crippen molar-refractivity contribution in [2.75, 3.05) is 41.0 Å². The molecule has 0 aromatic heterocycles. The van der Waals surface area contributed by atoms with Crippen LogP contribution >= 0.6 is 24.0 Å². The molecular weight excluding hydrogens is 433 g/mol. The van der Waals surface area contributed by atoms with Gasteiger partial charge in [-0.2, -0.15) is 0 Å². The second kappa shape index (κ2) is 13.8. The first-order chi connectivity index (χ1) is 11.7. The zero-order valence-electron chi connectivity index (χ0n) is 15.6. The highest BCUT2D eigenvalue weighted by Crippen LogP contribution is 2.33. The van der Waals surface area contributed by atoms with Crippen molar-refractivity contribution in [2.45, 2.75) is 19.9 Å². The van der Waals surface area contributed by atoms with Gasteiger partial charge in [0.05, 0.1) is 27.4 Å². The Labute approximate surface area is 168 Å². The molecule has 0 heterocycles. The predicted molar refractivity (Wildman–Crippen MR) is 114 cm³/mol. The van der Waals surface area contributed by atoms with Crippen molar-refractivity contribution in [1.29, 1.82) is 0 Å². The smallest absolute Gasteiger partial charge is 0.191 e. The molecule has 0 saturated carbocycles. The molecule has 0 bridgehead atoms. The van der Waals surface area contributed by atoms with E-state index in [9.17, 15) is 0 Å². The van der Waals surface area contributed by atoms with Crippen molar-refractivity contribution in [1.82, 2.24) is 10.6 Å². The van der Waals surface area contributed by atoms with E-state index in [1.807, 2.05) is 19.1 Å². The molecule has 1 rings (SSSR count). The van der Waals surface area contributed by atoms with Gasteiger partial charge in [0.15, 0.2) is 17.5 Å². The third kappa shape index (κ3) is 7.96. The lowest BCUT2D eigenvalue weighted by atomic mass is 10.1. The van der Waals surface area contributed by atoms with Gasteiger partial charge in [0, 0.05) is 25.8 Å². The Morgan fingerprint density at radius 3 is 2.52 bits per heavy atom. The fourth-order valence-electron chi connectivity index (χ4n) is 2.29. The van der Waals surface area contributed by atoms with Crippen molar-refractivity contribution in [3.63, 3.8) is 0 Å². The maximum absolute atomic E-state index is 5.46. The zero-order valence-corrected chi connectivity index (χ0v) is 17.9. The van der Waals surface area contributed by atoms with E-state index in [-0.39, 0.29) is 24.0 Å². The van der Waals surface area contributed by atoms with Crippen LogP contribution in [0.4, 0.5) is 0 Å². The van der Waals surface area contributed by atoms with Crippen LogP contribution in [0, 0.1) is 0 Å². The SMILES string of the molecule is C=CCc1cc(CN=C(NCC)NCCOC)cc(OC)c1OC.I. The van der Waals surface area contributed by atoms with Crippen LogP contribution in [0.15, 0.2) is 29.8 Å². The lowest BCUT2D eigenvalue weighted by Crippen LogP contribution is -2.38. The minimum atomic E-state index is 0. The van der Waals surface area contributed by atoms with Gasteiger partial charge in [-0.25, -0.2) is 4.99 Å². The summed E-state index contributed by atoms with van der Waals surface area (Å²) in [6.45, 7) is 8.50. The van der Waals surface area contributed by atoms with Crippen LogP contribution in [0.2, 0.25) is 0 Å². The number of methoxy groups -OCH3 is 3.